The van der Waals surface area contributed by atoms with E-state index in [4.69, 9.17) is 0 Å². The molecule has 76 valence electrons. The Labute approximate surface area is 79.7 Å². The molecule has 0 rings (SSSR count). The highest BCUT2D eigenvalue weighted by atomic mass is 31.0. The number of hydrogen-bond acceptors (Lipinski definition) is 2. The summed E-state index contributed by atoms with van der Waals surface area (Å²) < 4.78 is 4.61. The maximum Gasteiger partial charge on any atom is 0.0499 e. The van der Waals surface area contributed by atoms with Crippen LogP contribution in [0.1, 0.15) is 41.0 Å². The second-order valence-corrected chi connectivity index (χ2v) is 3.68. The molecule has 0 spiro atoms. The van der Waals surface area contributed by atoms with Crippen molar-refractivity contribution in [2.24, 2.45) is 0 Å². The molecule has 0 aliphatic carbocycles. The quantitative estimate of drug-likeness (QED) is 0.693. The van der Waals surface area contributed by atoms with Crippen LogP contribution in [0.15, 0.2) is 0 Å². The van der Waals surface area contributed by atoms with Crippen molar-refractivity contribution >= 4 is 9.47 Å². The van der Waals surface area contributed by atoms with E-state index in [0.717, 1.165) is 13.0 Å². The number of rotatable bonds is 4. The van der Waals surface area contributed by atoms with Crippen LogP contribution in [-0.2, 0) is 4.52 Å². The Bertz CT molecular complexity index is 68.9. The minimum absolute atomic E-state index is 0.625. The fourth-order valence-electron chi connectivity index (χ4n) is 0.785. The molecule has 0 aromatic rings. The third-order valence-electron chi connectivity index (χ3n) is 0.989. The molecule has 0 fully saturated rings. The molecule has 0 heterocycles. The van der Waals surface area contributed by atoms with Gasteiger partial charge in [0, 0.05) is 28.2 Å². The highest BCUT2D eigenvalue weighted by Crippen LogP contribution is 1.84. The van der Waals surface area contributed by atoms with Gasteiger partial charge in [-0.1, -0.05) is 34.6 Å². The van der Waals surface area contributed by atoms with Gasteiger partial charge in [0.05, 0.1) is 0 Å². The molecule has 0 bridgehead atoms. The van der Waals surface area contributed by atoms with Crippen LogP contribution in [0.2, 0.25) is 0 Å². The van der Waals surface area contributed by atoms with E-state index >= 15 is 0 Å². The highest BCUT2D eigenvalue weighted by molar-refractivity contribution is 7.09. The Kier molecular flexibility index (Phi) is 14.0. The molecule has 0 amide bonds. The molecule has 0 saturated carbocycles. The van der Waals surface area contributed by atoms with Crippen molar-refractivity contribution < 1.29 is 4.52 Å². The van der Waals surface area contributed by atoms with E-state index in [1.54, 1.807) is 0 Å². The van der Waals surface area contributed by atoms with Crippen molar-refractivity contribution in [2.75, 3.05) is 6.61 Å². The first-order valence-electron chi connectivity index (χ1n) is 4.62. The van der Waals surface area contributed by atoms with Gasteiger partial charge in [-0.3, -0.25) is 0 Å². The van der Waals surface area contributed by atoms with Gasteiger partial charge in [0.2, 0.25) is 0 Å². The zero-order valence-electron chi connectivity index (χ0n) is 9.05. The molecule has 2 nitrogen and oxygen atoms in total. The van der Waals surface area contributed by atoms with Crippen LogP contribution in [0.25, 0.3) is 0 Å². The predicted molar refractivity (Wildman–Crippen MR) is 59.4 cm³/mol. The predicted octanol–water partition coefficient (Wildman–Crippen LogP) is 2.60. The lowest BCUT2D eigenvalue weighted by Crippen LogP contribution is -2.29. The van der Waals surface area contributed by atoms with Gasteiger partial charge in [-0.25, -0.2) is 0 Å². The van der Waals surface area contributed by atoms with Gasteiger partial charge in [0.25, 0.3) is 0 Å². The summed E-state index contributed by atoms with van der Waals surface area (Å²) in [5, 5.41) is 3.31. The van der Waals surface area contributed by atoms with Crippen LogP contribution in [0.3, 0.4) is 0 Å². The first-order chi connectivity index (χ1) is 5.54. The molecule has 0 radical (unpaired) electrons. The van der Waals surface area contributed by atoms with E-state index in [2.05, 4.69) is 53.9 Å². The zero-order chi connectivity index (χ0) is 9.98. The average Bonchev–Trinajstić information content (AvgIpc) is 1.87. The summed E-state index contributed by atoms with van der Waals surface area (Å²) in [6.45, 7) is 11.5. The fourth-order valence-corrected chi connectivity index (χ4v) is 1.02. The molecule has 12 heavy (non-hydrogen) atoms. The average molecular weight is 193 g/mol. The van der Waals surface area contributed by atoms with Crippen LogP contribution in [0.4, 0.5) is 0 Å². The minimum Gasteiger partial charge on any atom is -0.366 e. The Balaban J connectivity index is 0. The lowest BCUT2D eigenvalue weighted by atomic mass is 10.3. The summed E-state index contributed by atoms with van der Waals surface area (Å²) in [5.74, 6) is 0. The van der Waals surface area contributed by atoms with Gasteiger partial charge in [0.1, 0.15) is 0 Å². The minimum atomic E-state index is 0.625. The van der Waals surface area contributed by atoms with E-state index < -0.39 is 0 Å². The van der Waals surface area contributed by atoms with E-state index in [-0.39, 0.29) is 0 Å². The van der Waals surface area contributed by atoms with Gasteiger partial charge in [-0.2, -0.15) is 0 Å². The van der Waals surface area contributed by atoms with Crippen molar-refractivity contribution in [1.82, 2.24) is 5.32 Å². The smallest absolute Gasteiger partial charge is 0.0499 e. The standard InChI is InChI=1S/C6H15N.C3H9OP/c1-5(2)7-6(3)4;1-2-3-4-5/h5-7H,1-4H3;2-3,5H2,1H3. The summed E-state index contributed by atoms with van der Waals surface area (Å²) in [5.41, 5.74) is 0. The molecular weight excluding hydrogens is 169 g/mol. The molecule has 3 heteroatoms. The van der Waals surface area contributed by atoms with Crippen molar-refractivity contribution in [1.29, 1.82) is 0 Å². The molecule has 1 unspecified atom stereocenters. The third kappa shape index (κ3) is 22.4. The summed E-state index contributed by atoms with van der Waals surface area (Å²) >= 11 is 0. The van der Waals surface area contributed by atoms with Gasteiger partial charge >= 0.3 is 0 Å². The highest BCUT2D eigenvalue weighted by Gasteiger charge is 1.92. The summed E-state index contributed by atoms with van der Waals surface area (Å²) in [7, 11) is 2.20. The molecule has 1 N–H and O–H groups in total. The Morgan fingerprint density at radius 2 is 1.58 bits per heavy atom. The monoisotopic (exact) mass is 193 g/mol. The van der Waals surface area contributed by atoms with Crippen LogP contribution in [0, 0.1) is 0 Å². The topological polar surface area (TPSA) is 21.3 Å². The Hall–Kier alpha value is 0.350. The van der Waals surface area contributed by atoms with E-state index in [1.807, 2.05) is 0 Å². The van der Waals surface area contributed by atoms with Crippen LogP contribution < -0.4 is 5.32 Å². The van der Waals surface area contributed by atoms with Crippen LogP contribution in [-0.4, -0.2) is 18.7 Å². The van der Waals surface area contributed by atoms with E-state index in [9.17, 15) is 0 Å². The third-order valence-corrected chi connectivity index (χ3v) is 1.22. The second-order valence-electron chi connectivity index (χ2n) is 3.35. The largest absolute Gasteiger partial charge is 0.366 e. The zero-order valence-corrected chi connectivity index (χ0v) is 10.2. The van der Waals surface area contributed by atoms with Crippen LogP contribution in [0.5, 0.6) is 0 Å². The summed E-state index contributed by atoms with van der Waals surface area (Å²) in [6.07, 6.45) is 1.10. The summed E-state index contributed by atoms with van der Waals surface area (Å²) in [4.78, 5) is 0. The van der Waals surface area contributed by atoms with Crippen molar-refractivity contribution in [2.45, 2.75) is 53.1 Å². The van der Waals surface area contributed by atoms with E-state index in [1.165, 1.54) is 0 Å². The Morgan fingerprint density at radius 1 is 1.17 bits per heavy atom. The lowest BCUT2D eigenvalue weighted by Gasteiger charge is -2.10. The molecular formula is C9H24NOP. The second kappa shape index (κ2) is 11.4. The molecule has 0 aliphatic rings. The van der Waals surface area contributed by atoms with Gasteiger partial charge < -0.3 is 9.84 Å². The molecule has 0 aromatic carbocycles. The van der Waals surface area contributed by atoms with Crippen LogP contribution >= 0.6 is 9.47 Å². The first-order valence-corrected chi connectivity index (χ1v) is 5.09. The number of nitrogens with one attached hydrogen (secondary N) is 1. The number of hydrogen-bond donors (Lipinski definition) is 1. The Morgan fingerprint density at radius 3 is 1.58 bits per heavy atom. The van der Waals surface area contributed by atoms with Gasteiger partial charge in [0.15, 0.2) is 0 Å². The van der Waals surface area contributed by atoms with Crippen molar-refractivity contribution in [3.8, 4) is 0 Å². The summed E-state index contributed by atoms with van der Waals surface area (Å²) in [6, 6.07) is 1.25. The van der Waals surface area contributed by atoms with Gasteiger partial charge in [-0.05, 0) is 6.42 Å². The van der Waals surface area contributed by atoms with Crippen molar-refractivity contribution in [3.05, 3.63) is 0 Å². The van der Waals surface area contributed by atoms with Gasteiger partial charge in [-0.15, -0.1) is 0 Å². The fraction of sp³-hybridized carbons (Fsp3) is 1.00. The van der Waals surface area contributed by atoms with Crippen molar-refractivity contribution in [3.63, 3.8) is 0 Å². The molecule has 0 aromatic heterocycles. The maximum absolute atomic E-state index is 4.61. The SMILES string of the molecule is CC(C)NC(C)C.CCCOP. The lowest BCUT2D eigenvalue weighted by molar-refractivity contribution is 0.371. The molecule has 0 saturated heterocycles. The molecule has 0 aliphatic heterocycles. The normalized spacial score (nSPS) is 10.0. The van der Waals surface area contributed by atoms with E-state index in [0.29, 0.717) is 12.1 Å². The molecule has 1 atom stereocenters. The first kappa shape index (κ1) is 14.9. The maximum atomic E-state index is 4.61.